The first kappa shape index (κ1) is 13.3. The maximum Gasteiger partial charge on any atom is 0.118 e. The molecule has 0 saturated heterocycles. The first-order valence-electron chi connectivity index (χ1n) is 6.94. The van der Waals surface area contributed by atoms with Crippen LogP contribution in [0.25, 0.3) is 0 Å². The third kappa shape index (κ3) is 2.61. The molecule has 2 N–H and O–H groups in total. The van der Waals surface area contributed by atoms with Crippen LogP contribution in [-0.4, -0.2) is 11.1 Å². The predicted octanol–water partition coefficient (Wildman–Crippen LogP) is 4.71. The van der Waals surface area contributed by atoms with Crippen molar-refractivity contribution in [2.45, 2.75) is 31.7 Å². The second-order valence-electron chi connectivity index (χ2n) is 5.53. The molecule has 0 atom stereocenters. The number of aromatic hydroxyl groups is 1. The summed E-state index contributed by atoms with van der Waals surface area (Å²) < 4.78 is 0. The molecule has 2 aromatic carbocycles. The fraction of sp³-hybridized carbons (Fsp3) is 0.294. The molecule has 1 aliphatic rings. The summed E-state index contributed by atoms with van der Waals surface area (Å²) in [5, 5.41) is 13.9. The lowest BCUT2D eigenvalue weighted by molar-refractivity contribution is 0.374. The van der Waals surface area contributed by atoms with E-state index < -0.39 is 0 Å². The topological polar surface area (TPSA) is 32.3 Å². The van der Waals surface area contributed by atoms with Crippen LogP contribution >= 0.6 is 11.6 Å². The molecule has 0 amide bonds. The van der Waals surface area contributed by atoms with Crippen molar-refractivity contribution in [3.05, 3.63) is 58.6 Å². The van der Waals surface area contributed by atoms with Crippen LogP contribution in [0.15, 0.2) is 42.5 Å². The summed E-state index contributed by atoms with van der Waals surface area (Å²) in [4.78, 5) is 0. The molecule has 2 aromatic rings. The van der Waals surface area contributed by atoms with Gasteiger partial charge in [-0.1, -0.05) is 29.8 Å². The number of halogens is 1. The SMILES string of the molecule is Cc1cc(NC2CC(c3ccccc3Cl)C2)ccc1O. The van der Waals surface area contributed by atoms with Gasteiger partial charge in [-0.2, -0.15) is 0 Å². The highest BCUT2D eigenvalue weighted by Crippen LogP contribution is 2.41. The van der Waals surface area contributed by atoms with Gasteiger partial charge in [0, 0.05) is 16.8 Å². The Balaban J connectivity index is 1.61. The zero-order valence-electron chi connectivity index (χ0n) is 11.4. The fourth-order valence-electron chi connectivity index (χ4n) is 2.78. The van der Waals surface area contributed by atoms with E-state index in [-0.39, 0.29) is 0 Å². The van der Waals surface area contributed by atoms with Gasteiger partial charge in [-0.05, 0) is 61.1 Å². The molecule has 0 aromatic heterocycles. The maximum absolute atomic E-state index is 9.53. The molecule has 1 fully saturated rings. The van der Waals surface area contributed by atoms with Crippen LogP contribution in [0.1, 0.15) is 29.9 Å². The average molecular weight is 288 g/mol. The Kier molecular flexibility index (Phi) is 3.58. The summed E-state index contributed by atoms with van der Waals surface area (Å²) in [6, 6.07) is 14.2. The van der Waals surface area contributed by atoms with Gasteiger partial charge in [0.1, 0.15) is 5.75 Å². The van der Waals surface area contributed by atoms with Crippen molar-refractivity contribution in [3.8, 4) is 5.75 Å². The number of hydrogen-bond donors (Lipinski definition) is 2. The quantitative estimate of drug-likeness (QED) is 0.801. The van der Waals surface area contributed by atoms with Crippen LogP contribution in [-0.2, 0) is 0 Å². The molecular weight excluding hydrogens is 270 g/mol. The van der Waals surface area contributed by atoms with E-state index >= 15 is 0 Å². The van der Waals surface area contributed by atoms with E-state index in [4.69, 9.17) is 11.6 Å². The van der Waals surface area contributed by atoms with Gasteiger partial charge in [-0.25, -0.2) is 0 Å². The van der Waals surface area contributed by atoms with E-state index in [1.807, 2.05) is 37.3 Å². The standard InChI is InChI=1S/C17H18ClNO/c1-11-8-13(6-7-17(11)20)19-14-9-12(10-14)15-4-2-3-5-16(15)18/h2-8,12,14,19-20H,9-10H2,1H3. The minimum Gasteiger partial charge on any atom is -0.508 e. The van der Waals surface area contributed by atoms with E-state index in [1.165, 1.54) is 5.56 Å². The Bertz CT molecular complexity index is 620. The second kappa shape index (κ2) is 5.37. The molecule has 2 nitrogen and oxygen atoms in total. The number of nitrogens with one attached hydrogen (secondary N) is 1. The molecular formula is C17H18ClNO. The molecule has 3 rings (SSSR count). The van der Waals surface area contributed by atoms with Gasteiger partial charge in [0.25, 0.3) is 0 Å². The van der Waals surface area contributed by atoms with Crippen molar-refractivity contribution in [1.29, 1.82) is 0 Å². The van der Waals surface area contributed by atoms with Crippen molar-refractivity contribution in [2.24, 2.45) is 0 Å². The molecule has 1 saturated carbocycles. The summed E-state index contributed by atoms with van der Waals surface area (Å²) >= 11 is 6.23. The van der Waals surface area contributed by atoms with E-state index in [0.29, 0.717) is 17.7 Å². The Morgan fingerprint density at radius 2 is 1.90 bits per heavy atom. The predicted molar refractivity (Wildman–Crippen MR) is 83.7 cm³/mol. The van der Waals surface area contributed by atoms with Crippen LogP contribution in [0, 0.1) is 6.92 Å². The van der Waals surface area contributed by atoms with E-state index in [0.717, 1.165) is 29.1 Å². The van der Waals surface area contributed by atoms with Crippen molar-refractivity contribution in [1.82, 2.24) is 0 Å². The average Bonchev–Trinajstić information content (AvgIpc) is 2.39. The first-order chi connectivity index (χ1) is 9.63. The molecule has 0 aliphatic heterocycles. The Morgan fingerprint density at radius 3 is 2.60 bits per heavy atom. The monoisotopic (exact) mass is 287 g/mol. The van der Waals surface area contributed by atoms with E-state index in [9.17, 15) is 5.11 Å². The van der Waals surface area contributed by atoms with Crippen LogP contribution in [0.5, 0.6) is 5.75 Å². The molecule has 0 heterocycles. The van der Waals surface area contributed by atoms with Crippen molar-refractivity contribution in [2.75, 3.05) is 5.32 Å². The van der Waals surface area contributed by atoms with Gasteiger partial charge in [0.15, 0.2) is 0 Å². The number of hydrogen-bond acceptors (Lipinski definition) is 2. The van der Waals surface area contributed by atoms with Crippen LogP contribution in [0.4, 0.5) is 5.69 Å². The van der Waals surface area contributed by atoms with Crippen LogP contribution < -0.4 is 5.32 Å². The molecule has 0 radical (unpaired) electrons. The largest absolute Gasteiger partial charge is 0.508 e. The molecule has 20 heavy (non-hydrogen) atoms. The highest BCUT2D eigenvalue weighted by Gasteiger charge is 2.31. The molecule has 0 bridgehead atoms. The molecule has 3 heteroatoms. The number of phenolic OH excluding ortho intramolecular Hbond substituents is 1. The molecule has 1 aliphatic carbocycles. The van der Waals surface area contributed by atoms with E-state index in [1.54, 1.807) is 6.07 Å². The van der Waals surface area contributed by atoms with Crippen molar-refractivity contribution < 1.29 is 5.11 Å². The normalized spacial score (nSPS) is 21.3. The van der Waals surface area contributed by atoms with Gasteiger partial charge in [-0.3, -0.25) is 0 Å². The lowest BCUT2D eigenvalue weighted by atomic mass is 9.76. The van der Waals surface area contributed by atoms with Gasteiger partial charge in [0.05, 0.1) is 0 Å². The van der Waals surface area contributed by atoms with Gasteiger partial charge in [0.2, 0.25) is 0 Å². The van der Waals surface area contributed by atoms with Crippen LogP contribution in [0.2, 0.25) is 5.02 Å². The molecule has 0 spiro atoms. The van der Waals surface area contributed by atoms with Gasteiger partial charge in [-0.15, -0.1) is 0 Å². The minimum atomic E-state index is 0.345. The lowest BCUT2D eigenvalue weighted by Gasteiger charge is -2.37. The minimum absolute atomic E-state index is 0.345. The number of phenols is 1. The van der Waals surface area contributed by atoms with Gasteiger partial charge >= 0.3 is 0 Å². The van der Waals surface area contributed by atoms with Gasteiger partial charge < -0.3 is 10.4 Å². The molecule has 0 unspecified atom stereocenters. The summed E-state index contributed by atoms with van der Waals surface area (Å²) in [7, 11) is 0. The third-order valence-electron chi connectivity index (χ3n) is 4.05. The first-order valence-corrected chi connectivity index (χ1v) is 7.32. The number of rotatable bonds is 3. The zero-order valence-corrected chi connectivity index (χ0v) is 12.2. The summed E-state index contributed by atoms with van der Waals surface area (Å²) in [5.74, 6) is 0.900. The fourth-order valence-corrected chi connectivity index (χ4v) is 3.07. The highest BCUT2D eigenvalue weighted by atomic mass is 35.5. The molecule has 104 valence electrons. The summed E-state index contributed by atoms with van der Waals surface area (Å²) in [6.07, 6.45) is 2.20. The Morgan fingerprint density at radius 1 is 1.15 bits per heavy atom. The lowest BCUT2D eigenvalue weighted by Crippen LogP contribution is -2.34. The maximum atomic E-state index is 9.53. The summed E-state index contributed by atoms with van der Waals surface area (Å²) in [5.41, 5.74) is 3.23. The number of aryl methyl sites for hydroxylation is 1. The van der Waals surface area contributed by atoms with Crippen molar-refractivity contribution >= 4 is 17.3 Å². The van der Waals surface area contributed by atoms with E-state index in [2.05, 4.69) is 11.4 Å². The summed E-state index contributed by atoms with van der Waals surface area (Å²) in [6.45, 7) is 1.91. The van der Waals surface area contributed by atoms with Crippen LogP contribution in [0.3, 0.4) is 0 Å². The Hall–Kier alpha value is -1.67. The second-order valence-corrected chi connectivity index (χ2v) is 5.94. The zero-order chi connectivity index (χ0) is 14.1. The number of benzene rings is 2. The third-order valence-corrected chi connectivity index (χ3v) is 4.39. The Labute approximate surface area is 124 Å². The highest BCUT2D eigenvalue weighted by molar-refractivity contribution is 6.31. The smallest absolute Gasteiger partial charge is 0.118 e. The number of anilines is 1. The van der Waals surface area contributed by atoms with Crippen molar-refractivity contribution in [3.63, 3.8) is 0 Å².